The number of phenolic OH excluding ortho intramolecular Hbond substituents is 2. The van der Waals surface area contributed by atoms with Crippen LogP contribution in [0.25, 0.3) is 10.9 Å². The second kappa shape index (κ2) is 8.45. The van der Waals surface area contributed by atoms with E-state index >= 15 is 0 Å². The zero-order valence-electron chi connectivity index (χ0n) is 16.3. The molecule has 0 saturated heterocycles. The van der Waals surface area contributed by atoms with Crippen LogP contribution >= 0.6 is 0 Å². The van der Waals surface area contributed by atoms with E-state index in [1.165, 1.54) is 18.3 Å². The van der Waals surface area contributed by atoms with Crippen molar-refractivity contribution in [2.45, 2.75) is 6.92 Å². The first-order chi connectivity index (χ1) is 14.6. The van der Waals surface area contributed by atoms with E-state index in [2.05, 4.69) is 15.5 Å². The summed E-state index contributed by atoms with van der Waals surface area (Å²) in [6.45, 7) is 2.02. The number of para-hydroxylation sites is 1. The fraction of sp³-hybridized carbons (Fsp3) is 0.0417. The molecule has 6 heteroatoms. The molecule has 3 aromatic carbocycles. The minimum absolute atomic E-state index is 0.0143. The maximum Gasteiger partial charge on any atom is 0.173 e. The van der Waals surface area contributed by atoms with Gasteiger partial charge >= 0.3 is 0 Å². The number of rotatable bonds is 4. The van der Waals surface area contributed by atoms with E-state index in [4.69, 9.17) is 4.98 Å². The zero-order chi connectivity index (χ0) is 20.9. The van der Waals surface area contributed by atoms with Crippen molar-refractivity contribution < 1.29 is 10.2 Å². The summed E-state index contributed by atoms with van der Waals surface area (Å²) < 4.78 is 0. The third-order valence-electron chi connectivity index (χ3n) is 4.50. The topological polar surface area (TPSA) is 90.1 Å². The number of phenols is 2. The fourth-order valence-corrected chi connectivity index (χ4v) is 2.89. The van der Waals surface area contributed by atoms with Gasteiger partial charge in [-0.1, -0.05) is 42.0 Å². The lowest BCUT2D eigenvalue weighted by atomic mass is 10.2. The van der Waals surface area contributed by atoms with Gasteiger partial charge in [-0.2, -0.15) is 5.10 Å². The Morgan fingerprint density at radius 2 is 1.73 bits per heavy atom. The lowest BCUT2D eigenvalue weighted by Gasteiger charge is -2.07. The van der Waals surface area contributed by atoms with E-state index in [0.29, 0.717) is 17.1 Å². The first-order valence-corrected chi connectivity index (χ1v) is 9.41. The van der Waals surface area contributed by atoms with Gasteiger partial charge in [0, 0.05) is 17.0 Å². The van der Waals surface area contributed by atoms with Crippen molar-refractivity contribution in [3.8, 4) is 11.5 Å². The molecule has 4 rings (SSSR count). The molecular weight excluding hydrogens is 376 g/mol. The first kappa shape index (κ1) is 19.1. The van der Waals surface area contributed by atoms with Gasteiger partial charge in [0.25, 0.3) is 0 Å². The smallest absolute Gasteiger partial charge is 0.173 e. The van der Waals surface area contributed by atoms with Crippen LogP contribution in [0.1, 0.15) is 16.8 Å². The van der Waals surface area contributed by atoms with Crippen LogP contribution in [0.4, 0.5) is 5.69 Å². The summed E-state index contributed by atoms with van der Waals surface area (Å²) in [6, 6.07) is 23.9. The lowest BCUT2D eigenvalue weighted by Crippen LogP contribution is -2.20. The van der Waals surface area contributed by atoms with Gasteiger partial charge in [-0.05, 0) is 43.3 Å². The van der Waals surface area contributed by atoms with Gasteiger partial charge in [0.1, 0.15) is 17.2 Å². The number of benzene rings is 3. The number of aromatic nitrogens is 1. The quantitative estimate of drug-likeness (QED) is 0.266. The van der Waals surface area contributed by atoms with Crippen LogP contribution in [0.15, 0.2) is 89.0 Å². The van der Waals surface area contributed by atoms with Crippen molar-refractivity contribution in [3.63, 3.8) is 0 Å². The first-order valence-electron chi connectivity index (χ1n) is 9.41. The molecule has 0 spiro atoms. The van der Waals surface area contributed by atoms with Crippen molar-refractivity contribution in [1.82, 2.24) is 10.4 Å². The molecule has 0 atom stereocenters. The fourth-order valence-electron chi connectivity index (χ4n) is 2.89. The van der Waals surface area contributed by atoms with Crippen molar-refractivity contribution in [1.29, 1.82) is 0 Å². The Morgan fingerprint density at radius 3 is 2.53 bits per heavy atom. The number of hydrogen-bond acceptors (Lipinski definition) is 5. The molecule has 6 nitrogen and oxygen atoms in total. The molecule has 30 heavy (non-hydrogen) atoms. The maximum atomic E-state index is 9.93. The standard InChI is InChI=1S/C24H20N4O2/c1-16-6-10-19(11-7-16)26-24(22-13-9-17-4-2-3-5-21(17)27-22)28-25-15-18-8-12-20(29)14-23(18)30/h2-15,29-30H,1H3,(H,26,28)/b25-15+. The van der Waals surface area contributed by atoms with Crippen LogP contribution in [-0.2, 0) is 0 Å². The number of hydrogen-bond donors (Lipinski definition) is 3. The van der Waals surface area contributed by atoms with E-state index < -0.39 is 0 Å². The predicted molar refractivity (Wildman–Crippen MR) is 120 cm³/mol. The highest BCUT2D eigenvalue weighted by Crippen LogP contribution is 2.21. The van der Waals surface area contributed by atoms with Crippen molar-refractivity contribution >= 4 is 28.6 Å². The molecule has 4 aromatic rings. The summed E-state index contributed by atoms with van der Waals surface area (Å²) >= 11 is 0. The van der Waals surface area contributed by atoms with Crippen LogP contribution < -0.4 is 5.43 Å². The van der Waals surface area contributed by atoms with Crippen LogP contribution in [0.5, 0.6) is 11.5 Å². The van der Waals surface area contributed by atoms with E-state index in [1.807, 2.05) is 67.6 Å². The van der Waals surface area contributed by atoms with Gasteiger partial charge in [-0.25, -0.2) is 9.98 Å². The number of aromatic hydroxyl groups is 2. The molecule has 1 aromatic heterocycles. The molecular formula is C24H20N4O2. The predicted octanol–water partition coefficient (Wildman–Crippen LogP) is 4.66. The molecule has 0 fully saturated rings. The van der Waals surface area contributed by atoms with Crippen molar-refractivity contribution in [2.75, 3.05) is 0 Å². The maximum absolute atomic E-state index is 9.93. The number of aliphatic imine (C=N–C) groups is 1. The van der Waals surface area contributed by atoms with Gasteiger partial charge in [0.15, 0.2) is 5.84 Å². The Kier molecular flexibility index (Phi) is 5.39. The van der Waals surface area contributed by atoms with E-state index in [9.17, 15) is 10.2 Å². The van der Waals surface area contributed by atoms with Gasteiger partial charge in [-0.15, -0.1) is 0 Å². The van der Waals surface area contributed by atoms with Gasteiger partial charge < -0.3 is 10.2 Å². The largest absolute Gasteiger partial charge is 0.508 e. The van der Waals surface area contributed by atoms with Crippen molar-refractivity contribution in [2.24, 2.45) is 10.1 Å². The number of nitrogens with one attached hydrogen (secondary N) is 1. The van der Waals surface area contributed by atoms with Crippen LogP contribution in [0.2, 0.25) is 0 Å². The lowest BCUT2D eigenvalue weighted by molar-refractivity contribution is 0.450. The highest BCUT2D eigenvalue weighted by Gasteiger charge is 2.07. The van der Waals surface area contributed by atoms with E-state index in [-0.39, 0.29) is 11.5 Å². The summed E-state index contributed by atoms with van der Waals surface area (Å²) in [5, 5.41) is 24.6. The molecule has 1 heterocycles. The third-order valence-corrected chi connectivity index (χ3v) is 4.50. The molecule has 0 amide bonds. The van der Waals surface area contributed by atoms with E-state index in [0.717, 1.165) is 22.2 Å². The SMILES string of the molecule is Cc1ccc(N=C(N/N=C/c2ccc(O)cc2O)c2ccc3ccccc3n2)cc1. The Balaban J connectivity index is 1.69. The molecule has 0 aliphatic carbocycles. The average molecular weight is 396 g/mol. The molecule has 0 bridgehead atoms. The van der Waals surface area contributed by atoms with Gasteiger partial charge in [0.2, 0.25) is 0 Å². The average Bonchev–Trinajstić information content (AvgIpc) is 2.75. The minimum atomic E-state index is -0.0681. The Bertz CT molecular complexity index is 1250. The summed E-state index contributed by atoms with van der Waals surface area (Å²) in [7, 11) is 0. The monoisotopic (exact) mass is 396 g/mol. The number of aryl methyl sites for hydroxylation is 1. The minimum Gasteiger partial charge on any atom is -0.508 e. The number of nitrogens with zero attached hydrogens (tertiary/aromatic N) is 3. The van der Waals surface area contributed by atoms with Crippen LogP contribution in [0, 0.1) is 6.92 Å². The van der Waals surface area contributed by atoms with Crippen LogP contribution in [-0.4, -0.2) is 27.2 Å². The number of fused-ring (bicyclic) bond motifs is 1. The molecule has 0 saturated carbocycles. The van der Waals surface area contributed by atoms with Crippen LogP contribution in [0.3, 0.4) is 0 Å². The highest BCUT2D eigenvalue weighted by atomic mass is 16.3. The third kappa shape index (κ3) is 4.44. The Morgan fingerprint density at radius 1 is 0.933 bits per heavy atom. The summed E-state index contributed by atoms with van der Waals surface area (Å²) in [5.74, 6) is 0.389. The number of pyridine rings is 1. The summed E-state index contributed by atoms with van der Waals surface area (Å²) in [6.07, 6.45) is 1.46. The number of amidine groups is 1. The zero-order valence-corrected chi connectivity index (χ0v) is 16.3. The number of hydrazone groups is 1. The highest BCUT2D eigenvalue weighted by molar-refractivity contribution is 6.00. The molecule has 0 unspecified atom stereocenters. The second-order valence-corrected chi connectivity index (χ2v) is 6.80. The van der Waals surface area contributed by atoms with Crippen molar-refractivity contribution in [3.05, 3.63) is 95.7 Å². The molecule has 0 aliphatic heterocycles. The summed E-state index contributed by atoms with van der Waals surface area (Å²) in [5.41, 5.74) is 6.80. The normalized spacial score (nSPS) is 11.8. The molecule has 0 aliphatic rings. The molecule has 0 radical (unpaired) electrons. The van der Waals surface area contributed by atoms with E-state index in [1.54, 1.807) is 6.07 Å². The second-order valence-electron chi connectivity index (χ2n) is 6.80. The molecule has 3 N–H and O–H groups in total. The Hall–Kier alpha value is -4.19. The molecule has 148 valence electrons. The Labute approximate surface area is 173 Å². The summed E-state index contributed by atoms with van der Waals surface area (Å²) in [4.78, 5) is 9.37. The van der Waals surface area contributed by atoms with Gasteiger partial charge in [-0.3, -0.25) is 5.43 Å². The van der Waals surface area contributed by atoms with Gasteiger partial charge in [0.05, 0.1) is 17.4 Å².